The number of rotatable bonds is 7. The monoisotopic (exact) mass is 424 g/mol. The van der Waals surface area contributed by atoms with Gasteiger partial charge in [0.2, 0.25) is 6.54 Å². The molecule has 0 saturated carbocycles. The molecule has 30 heavy (non-hydrogen) atoms. The van der Waals surface area contributed by atoms with Crippen molar-refractivity contribution in [3.05, 3.63) is 111 Å². The third-order valence-electron chi connectivity index (χ3n) is 5.03. The highest BCUT2D eigenvalue weighted by Gasteiger charge is 2.24. The van der Waals surface area contributed by atoms with Crippen molar-refractivity contribution in [3.63, 3.8) is 0 Å². The van der Waals surface area contributed by atoms with Crippen LogP contribution in [0.15, 0.2) is 72.9 Å². The number of H-pyrrole nitrogens is 1. The van der Waals surface area contributed by atoms with Crippen molar-refractivity contribution in [3.8, 4) is 5.75 Å². The summed E-state index contributed by atoms with van der Waals surface area (Å²) in [6.07, 6.45) is 1.80. The molecule has 0 aliphatic heterocycles. The van der Waals surface area contributed by atoms with Gasteiger partial charge in [-0.2, -0.15) is 0 Å². The van der Waals surface area contributed by atoms with Crippen LogP contribution < -0.4 is 4.74 Å². The maximum Gasteiger partial charge on any atom is 0.214 e. The Balaban J connectivity index is 1.63. The number of fused-ring (bicyclic) bond motifs is 1. The molecule has 0 radical (unpaired) electrons. The number of nitrogens with zero attached hydrogens (tertiary/aromatic N) is 1. The average molecular weight is 425 g/mol. The number of aromatic amines is 1. The van der Waals surface area contributed by atoms with Crippen LogP contribution in [0, 0.1) is 15.9 Å². The first-order valence-electron chi connectivity index (χ1n) is 9.36. The fourth-order valence-electron chi connectivity index (χ4n) is 3.54. The van der Waals surface area contributed by atoms with E-state index in [1.807, 2.05) is 24.3 Å². The van der Waals surface area contributed by atoms with Gasteiger partial charge in [-0.15, -0.1) is 0 Å². The fraction of sp³-hybridized carbons (Fsp3) is 0.130. The molecule has 5 nitrogen and oxygen atoms in total. The molecule has 4 aromatic rings. The van der Waals surface area contributed by atoms with E-state index < -0.39 is 5.92 Å². The predicted octanol–water partition coefficient (Wildman–Crippen LogP) is 5.95. The van der Waals surface area contributed by atoms with Crippen molar-refractivity contribution in [2.45, 2.75) is 12.5 Å². The molecule has 0 spiro atoms. The molecule has 0 amide bonds. The van der Waals surface area contributed by atoms with Gasteiger partial charge in [0.25, 0.3) is 0 Å². The smallest absolute Gasteiger partial charge is 0.214 e. The molecule has 1 N–H and O–H groups in total. The summed E-state index contributed by atoms with van der Waals surface area (Å²) in [7, 11) is 0. The molecule has 152 valence electrons. The standard InChI is InChI=1S/C23H18ClFN2O3/c24-20-11-15(9-10-23(20)30-14-16-5-1-3-7-21(16)25)19(13-27(28)29)18-12-26-22-8-4-2-6-17(18)22/h1-12,19,26H,13-14H2/t19-/m0/s1. The number of para-hydroxylation sites is 1. The van der Waals surface area contributed by atoms with Gasteiger partial charge in [-0.05, 0) is 35.4 Å². The molecule has 1 heterocycles. The van der Waals surface area contributed by atoms with Crippen molar-refractivity contribution >= 4 is 22.5 Å². The fourth-order valence-corrected chi connectivity index (χ4v) is 3.78. The van der Waals surface area contributed by atoms with Crippen LogP contribution in [-0.2, 0) is 6.61 Å². The van der Waals surface area contributed by atoms with Gasteiger partial charge in [-0.25, -0.2) is 4.39 Å². The first-order valence-corrected chi connectivity index (χ1v) is 9.74. The van der Waals surface area contributed by atoms with Crippen molar-refractivity contribution in [1.82, 2.24) is 4.98 Å². The second kappa shape index (κ2) is 8.55. The zero-order valence-electron chi connectivity index (χ0n) is 15.8. The molecular formula is C23H18ClFN2O3. The van der Waals surface area contributed by atoms with E-state index in [1.54, 1.807) is 42.6 Å². The van der Waals surface area contributed by atoms with Crippen LogP contribution in [-0.4, -0.2) is 16.5 Å². The Labute approximate surface area is 177 Å². The Morgan fingerprint density at radius 2 is 1.87 bits per heavy atom. The van der Waals surface area contributed by atoms with E-state index in [1.165, 1.54) is 6.07 Å². The summed E-state index contributed by atoms with van der Waals surface area (Å²) in [4.78, 5) is 14.2. The number of benzene rings is 3. The quantitative estimate of drug-likeness (QED) is 0.294. The third kappa shape index (κ3) is 4.14. The highest BCUT2D eigenvalue weighted by molar-refractivity contribution is 6.32. The van der Waals surface area contributed by atoms with E-state index in [2.05, 4.69) is 4.98 Å². The van der Waals surface area contributed by atoms with Gasteiger partial charge in [-0.1, -0.05) is 54.1 Å². The second-order valence-corrected chi connectivity index (χ2v) is 7.33. The van der Waals surface area contributed by atoms with Gasteiger partial charge in [0.1, 0.15) is 18.2 Å². The van der Waals surface area contributed by atoms with Crippen LogP contribution in [0.3, 0.4) is 0 Å². The SMILES string of the molecule is O=[N+]([O-])C[C@@H](c1ccc(OCc2ccccc2F)c(Cl)c1)c1c[nH]c2ccccc12. The molecule has 0 aliphatic carbocycles. The molecule has 7 heteroatoms. The van der Waals surface area contributed by atoms with Crippen molar-refractivity contribution in [2.75, 3.05) is 6.54 Å². The first kappa shape index (κ1) is 19.9. The lowest BCUT2D eigenvalue weighted by molar-refractivity contribution is -0.481. The Kier molecular flexibility index (Phi) is 5.68. The Bertz CT molecular complexity index is 1210. The minimum Gasteiger partial charge on any atom is -0.487 e. The van der Waals surface area contributed by atoms with Gasteiger partial charge in [0.15, 0.2) is 0 Å². The minimum absolute atomic E-state index is 0.0342. The van der Waals surface area contributed by atoms with E-state index >= 15 is 0 Å². The van der Waals surface area contributed by atoms with Gasteiger partial charge < -0.3 is 9.72 Å². The van der Waals surface area contributed by atoms with Crippen molar-refractivity contribution in [2.24, 2.45) is 0 Å². The summed E-state index contributed by atoms with van der Waals surface area (Å²) in [5.74, 6) is -0.438. The number of nitrogens with one attached hydrogen (secondary N) is 1. The normalized spacial score (nSPS) is 12.1. The minimum atomic E-state index is -0.478. The molecule has 4 rings (SSSR count). The van der Waals surface area contributed by atoms with Gasteiger partial charge in [0, 0.05) is 27.6 Å². The molecule has 3 aromatic carbocycles. The van der Waals surface area contributed by atoms with Crippen LogP contribution >= 0.6 is 11.6 Å². The van der Waals surface area contributed by atoms with E-state index in [0.717, 1.165) is 16.5 Å². The zero-order valence-corrected chi connectivity index (χ0v) is 16.6. The van der Waals surface area contributed by atoms with Crippen LogP contribution in [0.25, 0.3) is 10.9 Å². The average Bonchev–Trinajstić information content (AvgIpc) is 3.16. The molecule has 1 aromatic heterocycles. The zero-order chi connectivity index (χ0) is 21.1. The number of ether oxygens (including phenoxy) is 1. The number of halogens is 2. The predicted molar refractivity (Wildman–Crippen MR) is 114 cm³/mol. The number of aromatic nitrogens is 1. The third-order valence-corrected chi connectivity index (χ3v) is 5.32. The van der Waals surface area contributed by atoms with E-state index in [9.17, 15) is 14.5 Å². The lowest BCUT2D eigenvalue weighted by atomic mass is 9.91. The summed E-state index contributed by atoms with van der Waals surface area (Å²) >= 11 is 6.40. The largest absolute Gasteiger partial charge is 0.487 e. The van der Waals surface area contributed by atoms with E-state index in [4.69, 9.17) is 16.3 Å². The van der Waals surface area contributed by atoms with Crippen LogP contribution in [0.1, 0.15) is 22.6 Å². The topological polar surface area (TPSA) is 68.2 Å². The maximum absolute atomic E-state index is 13.8. The molecular weight excluding hydrogens is 407 g/mol. The second-order valence-electron chi connectivity index (χ2n) is 6.93. The van der Waals surface area contributed by atoms with Crippen LogP contribution in [0.2, 0.25) is 5.02 Å². The van der Waals surface area contributed by atoms with Gasteiger partial charge in [-0.3, -0.25) is 10.1 Å². The number of hydrogen-bond acceptors (Lipinski definition) is 3. The Hall–Kier alpha value is -3.38. The highest BCUT2D eigenvalue weighted by Crippen LogP contribution is 2.35. The Morgan fingerprint density at radius 3 is 2.63 bits per heavy atom. The summed E-state index contributed by atoms with van der Waals surface area (Å²) in [5.41, 5.74) is 2.87. The van der Waals surface area contributed by atoms with Crippen molar-refractivity contribution < 1.29 is 14.1 Å². The van der Waals surface area contributed by atoms with Gasteiger partial charge in [0.05, 0.1) is 10.9 Å². The Morgan fingerprint density at radius 1 is 1.10 bits per heavy atom. The molecule has 0 saturated heterocycles. The van der Waals surface area contributed by atoms with E-state index in [0.29, 0.717) is 21.9 Å². The van der Waals surface area contributed by atoms with Crippen LogP contribution in [0.5, 0.6) is 5.75 Å². The lowest BCUT2D eigenvalue weighted by Gasteiger charge is -2.15. The number of hydrogen-bond donors (Lipinski definition) is 1. The maximum atomic E-state index is 13.8. The summed E-state index contributed by atoms with van der Waals surface area (Å²) in [5, 5.41) is 12.6. The number of nitro groups is 1. The highest BCUT2D eigenvalue weighted by atomic mass is 35.5. The van der Waals surface area contributed by atoms with Crippen LogP contribution in [0.4, 0.5) is 4.39 Å². The molecule has 0 unspecified atom stereocenters. The van der Waals surface area contributed by atoms with E-state index in [-0.39, 0.29) is 23.9 Å². The summed E-state index contributed by atoms with van der Waals surface area (Å²) in [6, 6.07) is 19.1. The molecule has 0 aliphatic rings. The first-order chi connectivity index (χ1) is 14.5. The van der Waals surface area contributed by atoms with Gasteiger partial charge >= 0.3 is 0 Å². The summed E-state index contributed by atoms with van der Waals surface area (Å²) < 4.78 is 19.5. The molecule has 0 bridgehead atoms. The lowest BCUT2D eigenvalue weighted by Crippen LogP contribution is -2.14. The summed E-state index contributed by atoms with van der Waals surface area (Å²) in [6.45, 7) is -0.236. The molecule has 0 fully saturated rings. The van der Waals surface area contributed by atoms with Crippen molar-refractivity contribution in [1.29, 1.82) is 0 Å². The molecule has 1 atom stereocenters.